The minimum atomic E-state index is -1.17. The molecule has 25 heavy (non-hydrogen) atoms. The lowest BCUT2D eigenvalue weighted by atomic mass is 9.94. The molecule has 0 saturated heterocycles. The predicted molar refractivity (Wildman–Crippen MR) is 94.7 cm³/mol. The molecule has 0 aromatic heterocycles. The van der Waals surface area contributed by atoms with Crippen molar-refractivity contribution in [3.63, 3.8) is 0 Å². The lowest BCUT2D eigenvalue weighted by Crippen LogP contribution is -2.32. The van der Waals surface area contributed by atoms with E-state index in [2.05, 4.69) is 0 Å². The Morgan fingerprint density at radius 3 is 2.64 bits per heavy atom. The van der Waals surface area contributed by atoms with E-state index in [-0.39, 0.29) is 17.9 Å². The molecule has 5 nitrogen and oxygen atoms in total. The van der Waals surface area contributed by atoms with Crippen LogP contribution < -0.4 is 0 Å². The normalized spacial score (nSPS) is 25.7. The first kappa shape index (κ1) is 19.4. The van der Waals surface area contributed by atoms with Crippen molar-refractivity contribution in [1.29, 1.82) is 0 Å². The van der Waals surface area contributed by atoms with E-state index in [1.54, 1.807) is 20.8 Å². The quantitative estimate of drug-likeness (QED) is 0.588. The van der Waals surface area contributed by atoms with Crippen molar-refractivity contribution in [3.05, 3.63) is 35.1 Å². The summed E-state index contributed by atoms with van der Waals surface area (Å²) in [5.74, 6) is -0.0779. The maximum absolute atomic E-state index is 11.8. The van der Waals surface area contributed by atoms with Gasteiger partial charge < -0.3 is 14.6 Å². The Labute approximate surface area is 149 Å². The molecule has 0 spiro atoms. The van der Waals surface area contributed by atoms with Crippen LogP contribution >= 0.6 is 0 Å². The number of allylic oxidation sites excluding steroid dienone is 1. The number of aliphatic hydroxyl groups is 1. The highest BCUT2D eigenvalue weighted by molar-refractivity contribution is 5.99. The van der Waals surface area contributed by atoms with E-state index in [9.17, 15) is 14.7 Å². The smallest absolute Gasteiger partial charge is 0.331 e. The second kappa shape index (κ2) is 7.16. The van der Waals surface area contributed by atoms with Crippen LogP contribution in [0.1, 0.15) is 60.3 Å². The molecule has 2 atom stereocenters. The minimum Gasteiger partial charge on any atom is -0.481 e. The van der Waals surface area contributed by atoms with Gasteiger partial charge in [0.15, 0.2) is 5.60 Å². The largest absolute Gasteiger partial charge is 0.481 e. The Balaban J connectivity index is 1.86. The van der Waals surface area contributed by atoms with E-state index in [4.69, 9.17) is 9.47 Å². The molecule has 0 aromatic carbocycles. The molecular formula is C20H28O5. The Hall–Kier alpha value is -1.88. The SMILES string of the molecule is CC(=CC1CC(C)=CC(=O)O1)CCC[C@](C)(O)C1=CC(=O)C(C)(C)O1. The van der Waals surface area contributed by atoms with Gasteiger partial charge >= 0.3 is 5.97 Å². The summed E-state index contributed by atoms with van der Waals surface area (Å²) in [5.41, 5.74) is 0.0676. The number of ketones is 1. The predicted octanol–water partition coefficient (Wildman–Crippen LogP) is 3.38. The second-order valence-electron chi connectivity index (χ2n) is 7.80. The van der Waals surface area contributed by atoms with Crippen LogP contribution in [0.25, 0.3) is 0 Å². The van der Waals surface area contributed by atoms with Gasteiger partial charge in [-0.25, -0.2) is 4.79 Å². The first-order chi connectivity index (χ1) is 11.5. The fraction of sp³-hybridized carbons (Fsp3) is 0.600. The summed E-state index contributed by atoms with van der Waals surface area (Å²) in [6.07, 6.45) is 7.40. The van der Waals surface area contributed by atoms with Crippen molar-refractivity contribution in [2.24, 2.45) is 0 Å². The monoisotopic (exact) mass is 348 g/mol. The zero-order valence-electron chi connectivity index (χ0n) is 15.7. The second-order valence-corrected chi connectivity index (χ2v) is 7.80. The van der Waals surface area contributed by atoms with Crippen molar-refractivity contribution in [2.75, 3.05) is 0 Å². The summed E-state index contributed by atoms with van der Waals surface area (Å²) < 4.78 is 10.9. The van der Waals surface area contributed by atoms with Gasteiger partial charge in [0.05, 0.1) is 0 Å². The molecule has 0 aromatic rings. The topological polar surface area (TPSA) is 72.8 Å². The average molecular weight is 348 g/mol. The third kappa shape index (κ3) is 5.05. The van der Waals surface area contributed by atoms with Crippen molar-refractivity contribution in [2.45, 2.75) is 77.6 Å². The molecule has 0 fully saturated rings. The summed E-state index contributed by atoms with van der Waals surface area (Å²) in [6.45, 7) is 8.98. The summed E-state index contributed by atoms with van der Waals surface area (Å²) in [4.78, 5) is 23.3. The average Bonchev–Trinajstić information content (AvgIpc) is 2.72. The summed E-state index contributed by atoms with van der Waals surface area (Å²) >= 11 is 0. The molecule has 0 aliphatic carbocycles. The van der Waals surface area contributed by atoms with Crippen LogP contribution in [0.15, 0.2) is 35.1 Å². The van der Waals surface area contributed by atoms with Gasteiger partial charge in [0, 0.05) is 18.6 Å². The lowest BCUT2D eigenvalue weighted by Gasteiger charge is -2.28. The zero-order chi connectivity index (χ0) is 18.8. The number of rotatable bonds is 6. The minimum absolute atomic E-state index is 0.124. The number of carbonyl (C=O) groups excluding carboxylic acids is 2. The number of esters is 1. The highest BCUT2D eigenvalue weighted by Crippen LogP contribution is 2.34. The lowest BCUT2D eigenvalue weighted by molar-refractivity contribution is -0.142. The Bertz CT molecular complexity index is 649. The van der Waals surface area contributed by atoms with Gasteiger partial charge in [-0.2, -0.15) is 0 Å². The Morgan fingerprint density at radius 1 is 1.40 bits per heavy atom. The fourth-order valence-electron chi connectivity index (χ4n) is 3.04. The fourth-order valence-corrected chi connectivity index (χ4v) is 3.04. The molecule has 2 heterocycles. The van der Waals surface area contributed by atoms with E-state index in [1.807, 2.05) is 19.9 Å². The van der Waals surface area contributed by atoms with Crippen LogP contribution in [0.5, 0.6) is 0 Å². The van der Waals surface area contributed by atoms with Crippen LogP contribution in [0, 0.1) is 0 Å². The molecule has 138 valence electrons. The van der Waals surface area contributed by atoms with Crippen molar-refractivity contribution >= 4 is 11.8 Å². The molecule has 2 rings (SSSR count). The van der Waals surface area contributed by atoms with Crippen molar-refractivity contribution in [1.82, 2.24) is 0 Å². The summed E-state index contributed by atoms with van der Waals surface area (Å²) in [6, 6.07) is 0. The van der Waals surface area contributed by atoms with E-state index in [1.165, 1.54) is 12.2 Å². The first-order valence-corrected chi connectivity index (χ1v) is 8.73. The molecule has 1 unspecified atom stereocenters. The van der Waals surface area contributed by atoms with E-state index in [0.717, 1.165) is 30.4 Å². The third-order valence-corrected chi connectivity index (χ3v) is 4.61. The molecule has 2 aliphatic rings. The molecule has 2 aliphatic heterocycles. The van der Waals surface area contributed by atoms with E-state index in [0.29, 0.717) is 12.2 Å². The summed E-state index contributed by atoms with van der Waals surface area (Å²) in [7, 11) is 0. The van der Waals surface area contributed by atoms with Gasteiger partial charge in [0.1, 0.15) is 17.5 Å². The summed E-state index contributed by atoms with van der Waals surface area (Å²) in [5, 5.41) is 10.6. The van der Waals surface area contributed by atoms with Gasteiger partial charge in [0.2, 0.25) is 5.78 Å². The van der Waals surface area contributed by atoms with Crippen LogP contribution in [0.4, 0.5) is 0 Å². The van der Waals surface area contributed by atoms with Crippen LogP contribution in [0.2, 0.25) is 0 Å². The molecule has 5 heteroatoms. The number of ether oxygens (including phenoxy) is 2. The number of hydrogen-bond donors (Lipinski definition) is 1. The molecule has 0 amide bonds. The highest BCUT2D eigenvalue weighted by atomic mass is 16.5. The van der Waals surface area contributed by atoms with Gasteiger partial charge in [-0.3, -0.25) is 4.79 Å². The van der Waals surface area contributed by atoms with Crippen LogP contribution in [0.3, 0.4) is 0 Å². The van der Waals surface area contributed by atoms with Gasteiger partial charge in [-0.1, -0.05) is 11.1 Å². The number of hydrogen-bond acceptors (Lipinski definition) is 5. The molecule has 0 saturated carbocycles. The standard InChI is InChI=1S/C20H28O5/c1-13(9-15-10-14(2)11-18(22)24-15)7-6-8-20(5,23)17-12-16(21)19(3,4)25-17/h9,11-12,15,23H,6-8,10H2,1-5H3/t15?,20-/m0/s1. The van der Waals surface area contributed by atoms with Crippen LogP contribution in [-0.4, -0.2) is 34.2 Å². The van der Waals surface area contributed by atoms with E-state index >= 15 is 0 Å². The maximum atomic E-state index is 11.8. The van der Waals surface area contributed by atoms with Gasteiger partial charge in [-0.15, -0.1) is 0 Å². The number of cyclic esters (lactones) is 1. The van der Waals surface area contributed by atoms with Crippen molar-refractivity contribution in [3.8, 4) is 0 Å². The Kier molecular flexibility index (Phi) is 5.57. The van der Waals surface area contributed by atoms with Crippen LogP contribution in [-0.2, 0) is 19.1 Å². The molecule has 0 bridgehead atoms. The zero-order valence-corrected chi connectivity index (χ0v) is 15.7. The number of carbonyl (C=O) groups is 2. The maximum Gasteiger partial charge on any atom is 0.331 e. The highest BCUT2D eigenvalue weighted by Gasteiger charge is 2.41. The third-order valence-electron chi connectivity index (χ3n) is 4.61. The Morgan fingerprint density at radius 2 is 2.08 bits per heavy atom. The van der Waals surface area contributed by atoms with Crippen molar-refractivity contribution < 1.29 is 24.2 Å². The first-order valence-electron chi connectivity index (χ1n) is 8.73. The molecule has 1 N–H and O–H groups in total. The van der Waals surface area contributed by atoms with Gasteiger partial charge in [0.25, 0.3) is 0 Å². The van der Waals surface area contributed by atoms with E-state index < -0.39 is 11.2 Å². The molecular weight excluding hydrogens is 320 g/mol. The van der Waals surface area contributed by atoms with Gasteiger partial charge in [-0.05, 0) is 60.0 Å². The molecule has 0 radical (unpaired) electrons.